The minimum absolute atomic E-state index is 0.0428. The zero-order valence-corrected chi connectivity index (χ0v) is 18.2. The second kappa shape index (κ2) is 8.23. The minimum atomic E-state index is -0.223. The summed E-state index contributed by atoms with van der Waals surface area (Å²) in [6.07, 6.45) is 4.31. The molecule has 2 aliphatic heterocycles. The standard InChI is InChI=1S/C23H26N6O3/c1-3-15-7-17-18(27-22(15)30)6-14(9-25-17)11-28-4-5-29-16(12-28)13-32-21-8-19(23(31)24-2)26-10-20(21)29/h6-10,16H,3-5,11-13H2,1-2H3,(H,24,31)(H,27,30)/t16-/m1/s1. The van der Waals surface area contributed by atoms with Crippen LogP contribution in [-0.2, 0) is 13.0 Å². The van der Waals surface area contributed by atoms with Crippen LogP contribution < -0.4 is 20.5 Å². The summed E-state index contributed by atoms with van der Waals surface area (Å²) in [5.74, 6) is 0.483. The SMILES string of the molecule is CCc1cc2ncc(CN3CCN4c5cnc(C(=O)NC)cc5OC[C@H]4C3)cc2[nH]c1=O. The van der Waals surface area contributed by atoms with Crippen molar-refractivity contribution >= 4 is 22.6 Å². The summed E-state index contributed by atoms with van der Waals surface area (Å²) >= 11 is 0. The van der Waals surface area contributed by atoms with Crippen LogP contribution in [0.1, 0.15) is 28.5 Å². The number of aromatic amines is 1. The van der Waals surface area contributed by atoms with Gasteiger partial charge in [0.1, 0.15) is 18.1 Å². The first kappa shape index (κ1) is 20.4. The maximum absolute atomic E-state index is 12.2. The molecule has 166 valence electrons. The zero-order chi connectivity index (χ0) is 22.2. The normalized spacial score (nSPS) is 18.1. The van der Waals surface area contributed by atoms with Crippen molar-refractivity contribution in [3.63, 3.8) is 0 Å². The Hall–Kier alpha value is -3.46. The summed E-state index contributed by atoms with van der Waals surface area (Å²) in [6.45, 7) is 5.86. The van der Waals surface area contributed by atoms with Gasteiger partial charge in [-0.05, 0) is 24.1 Å². The molecule has 0 bridgehead atoms. The molecule has 0 spiro atoms. The smallest absolute Gasteiger partial charge is 0.269 e. The van der Waals surface area contributed by atoms with Gasteiger partial charge in [0.15, 0.2) is 0 Å². The number of rotatable bonds is 4. The molecule has 0 radical (unpaired) electrons. The van der Waals surface area contributed by atoms with E-state index in [4.69, 9.17) is 4.74 Å². The lowest BCUT2D eigenvalue weighted by Gasteiger charge is -2.45. The number of piperazine rings is 1. The second-order valence-electron chi connectivity index (χ2n) is 8.26. The molecular weight excluding hydrogens is 408 g/mol. The van der Waals surface area contributed by atoms with Gasteiger partial charge in [0, 0.05) is 51.1 Å². The number of hydrogen-bond acceptors (Lipinski definition) is 7. The van der Waals surface area contributed by atoms with E-state index in [1.165, 1.54) is 0 Å². The van der Waals surface area contributed by atoms with E-state index in [0.29, 0.717) is 24.5 Å². The Kier molecular flexibility index (Phi) is 5.26. The topological polar surface area (TPSA) is 103 Å². The monoisotopic (exact) mass is 434 g/mol. The van der Waals surface area contributed by atoms with Gasteiger partial charge in [-0.3, -0.25) is 19.5 Å². The maximum Gasteiger partial charge on any atom is 0.269 e. The van der Waals surface area contributed by atoms with Crippen LogP contribution in [0.3, 0.4) is 0 Å². The number of nitrogens with zero attached hydrogens (tertiary/aromatic N) is 4. The van der Waals surface area contributed by atoms with Crippen LogP contribution >= 0.6 is 0 Å². The lowest BCUT2D eigenvalue weighted by Crippen LogP contribution is -2.57. The number of nitrogens with one attached hydrogen (secondary N) is 2. The number of H-pyrrole nitrogens is 1. The molecule has 0 aromatic carbocycles. The van der Waals surface area contributed by atoms with Crippen molar-refractivity contribution in [2.75, 3.05) is 38.2 Å². The summed E-state index contributed by atoms with van der Waals surface area (Å²) in [5.41, 5.74) is 4.66. The van der Waals surface area contributed by atoms with Gasteiger partial charge in [0.05, 0.1) is 29.0 Å². The van der Waals surface area contributed by atoms with Crippen LogP contribution in [0, 0.1) is 0 Å². The summed E-state index contributed by atoms with van der Waals surface area (Å²) in [7, 11) is 1.59. The van der Waals surface area contributed by atoms with Crippen LogP contribution in [-0.4, -0.2) is 65.1 Å². The van der Waals surface area contributed by atoms with E-state index in [9.17, 15) is 9.59 Å². The Bertz CT molecular complexity index is 1240. The van der Waals surface area contributed by atoms with Crippen LogP contribution in [0.2, 0.25) is 0 Å². The molecule has 2 N–H and O–H groups in total. The van der Waals surface area contributed by atoms with Gasteiger partial charge in [-0.25, -0.2) is 4.98 Å². The van der Waals surface area contributed by atoms with Crippen LogP contribution in [0.4, 0.5) is 5.69 Å². The number of anilines is 1. The van der Waals surface area contributed by atoms with Crippen molar-refractivity contribution in [2.45, 2.75) is 25.9 Å². The van der Waals surface area contributed by atoms with Crippen molar-refractivity contribution in [1.29, 1.82) is 0 Å². The van der Waals surface area contributed by atoms with Crippen molar-refractivity contribution in [3.05, 3.63) is 57.8 Å². The largest absolute Gasteiger partial charge is 0.489 e. The predicted molar refractivity (Wildman–Crippen MR) is 121 cm³/mol. The van der Waals surface area contributed by atoms with Gasteiger partial charge in [-0.1, -0.05) is 6.92 Å². The quantitative estimate of drug-likeness (QED) is 0.638. The number of aromatic nitrogens is 3. The van der Waals surface area contributed by atoms with E-state index in [-0.39, 0.29) is 17.5 Å². The summed E-state index contributed by atoms with van der Waals surface area (Å²) in [4.78, 5) is 40.5. The molecule has 0 unspecified atom stereocenters. The van der Waals surface area contributed by atoms with Gasteiger partial charge in [0.25, 0.3) is 11.5 Å². The van der Waals surface area contributed by atoms with Crippen LogP contribution in [0.25, 0.3) is 11.0 Å². The van der Waals surface area contributed by atoms with Crippen molar-refractivity contribution in [2.24, 2.45) is 0 Å². The number of amides is 1. The molecule has 1 atom stereocenters. The number of carbonyl (C=O) groups is 1. The van der Waals surface area contributed by atoms with Crippen LogP contribution in [0.5, 0.6) is 5.75 Å². The molecule has 2 aliphatic rings. The maximum atomic E-state index is 12.2. The van der Waals surface area contributed by atoms with E-state index < -0.39 is 0 Å². The third-order valence-corrected chi connectivity index (χ3v) is 6.23. The molecule has 1 amide bonds. The molecule has 3 aromatic rings. The number of fused-ring (bicyclic) bond motifs is 4. The fourth-order valence-corrected chi connectivity index (χ4v) is 4.50. The van der Waals surface area contributed by atoms with E-state index in [0.717, 1.165) is 54.0 Å². The first-order valence-electron chi connectivity index (χ1n) is 10.9. The highest BCUT2D eigenvalue weighted by Crippen LogP contribution is 2.35. The third-order valence-electron chi connectivity index (χ3n) is 6.23. The van der Waals surface area contributed by atoms with E-state index in [1.807, 2.05) is 25.3 Å². The fourth-order valence-electron chi connectivity index (χ4n) is 4.50. The molecule has 9 heteroatoms. The van der Waals surface area contributed by atoms with Gasteiger partial charge < -0.3 is 19.9 Å². The lowest BCUT2D eigenvalue weighted by atomic mass is 10.1. The van der Waals surface area contributed by atoms with E-state index in [2.05, 4.69) is 30.1 Å². The second-order valence-corrected chi connectivity index (χ2v) is 8.26. The van der Waals surface area contributed by atoms with Crippen molar-refractivity contribution in [1.82, 2.24) is 25.2 Å². The Morgan fingerprint density at radius 1 is 1.25 bits per heavy atom. The number of ether oxygens (including phenoxy) is 1. The first-order valence-corrected chi connectivity index (χ1v) is 10.9. The highest BCUT2D eigenvalue weighted by molar-refractivity contribution is 5.93. The highest BCUT2D eigenvalue weighted by atomic mass is 16.5. The summed E-state index contributed by atoms with van der Waals surface area (Å²) in [5, 5.41) is 2.59. The molecule has 9 nitrogen and oxygen atoms in total. The Morgan fingerprint density at radius 3 is 2.94 bits per heavy atom. The van der Waals surface area contributed by atoms with Crippen LogP contribution in [0.15, 0.2) is 35.4 Å². The molecule has 0 saturated carbocycles. The van der Waals surface area contributed by atoms with Gasteiger partial charge in [-0.15, -0.1) is 0 Å². The Labute approximate surface area is 185 Å². The van der Waals surface area contributed by atoms with E-state index in [1.54, 1.807) is 19.3 Å². The number of pyridine rings is 3. The van der Waals surface area contributed by atoms with Crippen molar-refractivity contribution in [3.8, 4) is 5.75 Å². The molecule has 32 heavy (non-hydrogen) atoms. The highest BCUT2D eigenvalue weighted by Gasteiger charge is 2.33. The molecule has 1 saturated heterocycles. The molecule has 5 heterocycles. The number of hydrogen-bond donors (Lipinski definition) is 2. The number of carbonyl (C=O) groups excluding carboxylic acids is 1. The first-order chi connectivity index (χ1) is 15.6. The molecule has 0 aliphatic carbocycles. The fraction of sp³-hybridized carbons (Fsp3) is 0.391. The summed E-state index contributed by atoms with van der Waals surface area (Å²) in [6, 6.07) is 5.82. The van der Waals surface area contributed by atoms with Crippen molar-refractivity contribution < 1.29 is 9.53 Å². The zero-order valence-electron chi connectivity index (χ0n) is 18.2. The van der Waals surface area contributed by atoms with Gasteiger partial charge >= 0.3 is 0 Å². The summed E-state index contributed by atoms with van der Waals surface area (Å²) < 4.78 is 5.98. The molecule has 5 rings (SSSR count). The number of aryl methyl sites for hydroxylation is 1. The molecular formula is C23H26N6O3. The minimum Gasteiger partial charge on any atom is -0.489 e. The van der Waals surface area contributed by atoms with Gasteiger partial charge in [0.2, 0.25) is 0 Å². The third kappa shape index (κ3) is 3.69. The Balaban J connectivity index is 1.30. The average Bonchev–Trinajstić information content (AvgIpc) is 2.82. The molecule has 3 aromatic heterocycles. The van der Waals surface area contributed by atoms with E-state index >= 15 is 0 Å². The lowest BCUT2D eigenvalue weighted by molar-refractivity contribution is 0.0957. The predicted octanol–water partition coefficient (Wildman–Crippen LogP) is 1.32. The Morgan fingerprint density at radius 2 is 2.12 bits per heavy atom. The van der Waals surface area contributed by atoms with Gasteiger partial charge in [-0.2, -0.15) is 0 Å². The average molecular weight is 435 g/mol. The molecule has 1 fully saturated rings.